The Kier molecular flexibility index (Phi) is 13.5. The second kappa shape index (κ2) is 22.3. The zero-order valence-electron chi connectivity index (χ0n) is 53.6. The van der Waals surface area contributed by atoms with Crippen LogP contribution in [0.15, 0.2) is 303 Å². The van der Waals surface area contributed by atoms with Crippen LogP contribution in [0.5, 0.6) is 23.0 Å². The van der Waals surface area contributed by atoms with Crippen LogP contribution >= 0.6 is 0 Å². The highest BCUT2D eigenvalue weighted by Crippen LogP contribution is 2.52. The van der Waals surface area contributed by atoms with Crippen molar-refractivity contribution >= 4 is 114 Å². The van der Waals surface area contributed by atoms with E-state index in [4.69, 9.17) is 9.47 Å². The number of ether oxygens (including phenoxy) is 2. The van der Waals surface area contributed by atoms with Gasteiger partial charge in [0, 0.05) is 68.8 Å². The van der Waals surface area contributed by atoms with Crippen LogP contribution < -0.4 is 61.9 Å². The first-order valence-corrected chi connectivity index (χ1v) is 32.8. The molecule has 0 atom stereocenters. The standard InChI is InChI=1S/C86H68B2N4O2/c1-85(2,3)59-47-43-57(44-48-59)67-35-19-23-39-73(67)89(61-27-11-7-12-28-61)65-51-77-83-81(53-65)93-79-41-25-21-37-69(79)87(83)71-55-72-76(56-75(71)91(77)63-31-15-9-16-32-63)92(64-33-17-10-18-34-64)78-52-66(54-82-84(78)88(72)70-38-22-26-42-80(70)94-82)90(62-29-13-8-14-30-62)74-40-24-20-36-68(74)58-45-49-60(50-46-58)86(4,5)6/h7-56H,1-6H3. The van der Waals surface area contributed by atoms with Gasteiger partial charge in [0.15, 0.2) is 0 Å². The fourth-order valence-corrected chi connectivity index (χ4v) is 15.0. The molecule has 0 spiro atoms. The lowest BCUT2D eigenvalue weighted by Gasteiger charge is -2.45. The molecule has 0 fully saturated rings. The summed E-state index contributed by atoms with van der Waals surface area (Å²) >= 11 is 0. The van der Waals surface area contributed by atoms with Gasteiger partial charge in [-0.25, -0.2) is 0 Å². The van der Waals surface area contributed by atoms with Gasteiger partial charge in [0.25, 0.3) is 13.4 Å². The molecule has 94 heavy (non-hydrogen) atoms. The monoisotopic (exact) mass is 1210 g/mol. The highest BCUT2D eigenvalue weighted by molar-refractivity contribution is 7.02. The Balaban J connectivity index is 0.915. The number of nitrogens with zero attached hydrogens (tertiary/aromatic N) is 4. The van der Waals surface area contributed by atoms with Gasteiger partial charge in [0.1, 0.15) is 23.0 Å². The van der Waals surface area contributed by atoms with Gasteiger partial charge in [-0.1, -0.05) is 242 Å². The lowest BCUT2D eigenvalue weighted by molar-refractivity contribution is 0.487. The summed E-state index contributed by atoms with van der Waals surface area (Å²) in [4.78, 5) is 9.85. The van der Waals surface area contributed by atoms with Crippen molar-refractivity contribution in [1.29, 1.82) is 0 Å². The lowest BCUT2D eigenvalue weighted by Crippen LogP contribution is -2.63. The summed E-state index contributed by atoms with van der Waals surface area (Å²) in [6.45, 7) is 13.2. The summed E-state index contributed by atoms with van der Waals surface area (Å²) in [6, 6.07) is 111. The molecule has 0 radical (unpaired) electrons. The van der Waals surface area contributed by atoms with Gasteiger partial charge in [-0.15, -0.1) is 0 Å². The molecule has 0 aliphatic carbocycles. The van der Waals surface area contributed by atoms with Crippen molar-refractivity contribution in [3.63, 3.8) is 0 Å². The second-order valence-electron chi connectivity index (χ2n) is 27.2. The topological polar surface area (TPSA) is 31.4 Å². The van der Waals surface area contributed by atoms with Gasteiger partial charge in [-0.3, -0.25) is 0 Å². The highest BCUT2D eigenvalue weighted by atomic mass is 16.5. The molecule has 17 rings (SSSR count). The van der Waals surface area contributed by atoms with E-state index in [1.54, 1.807) is 0 Å². The Labute approximate surface area is 552 Å². The molecule has 450 valence electrons. The van der Waals surface area contributed by atoms with E-state index in [1.165, 1.54) is 22.1 Å². The minimum atomic E-state index is -0.198. The molecule has 0 saturated carbocycles. The van der Waals surface area contributed by atoms with Crippen LogP contribution in [0.25, 0.3) is 22.3 Å². The molecular weight excluding hydrogens is 1140 g/mol. The Hall–Kier alpha value is -11.2. The molecule has 6 nitrogen and oxygen atoms in total. The fraction of sp³-hybridized carbons (Fsp3) is 0.0930. The minimum absolute atomic E-state index is 0.0175. The predicted octanol–water partition coefficient (Wildman–Crippen LogP) is 19.4. The zero-order chi connectivity index (χ0) is 63.4. The van der Waals surface area contributed by atoms with Crippen molar-refractivity contribution in [2.24, 2.45) is 0 Å². The molecule has 0 amide bonds. The van der Waals surface area contributed by atoms with Crippen molar-refractivity contribution in [2.45, 2.75) is 52.4 Å². The molecule has 4 aliphatic heterocycles. The summed E-state index contributed by atoms with van der Waals surface area (Å²) in [7, 11) is 0. The highest BCUT2D eigenvalue weighted by Gasteiger charge is 2.48. The molecule has 8 heteroatoms. The van der Waals surface area contributed by atoms with E-state index in [0.29, 0.717) is 0 Å². The van der Waals surface area contributed by atoms with E-state index in [1.807, 2.05) is 0 Å². The first-order chi connectivity index (χ1) is 45.9. The quantitative estimate of drug-likeness (QED) is 0.127. The zero-order valence-corrected chi connectivity index (χ0v) is 53.6. The maximum Gasteiger partial charge on any atom is 0.256 e. The number of hydrogen-bond acceptors (Lipinski definition) is 6. The second-order valence-corrected chi connectivity index (χ2v) is 27.2. The average Bonchev–Trinajstić information content (AvgIpc) is 0.692. The van der Waals surface area contributed by atoms with E-state index < -0.39 is 0 Å². The van der Waals surface area contributed by atoms with Crippen molar-refractivity contribution < 1.29 is 9.47 Å². The Morgan fingerprint density at radius 2 is 0.638 bits per heavy atom. The van der Waals surface area contributed by atoms with Crippen LogP contribution in [0.3, 0.4) is 0 Å². The predicted molar refractivity (Wildman–Crippen MR) is 396 cm³/mol. The van der Waals surface area contributed by atoms with Gasteiger partial charge < -0.3 is 29.1 Å². The summed E-state index contributed by atoms with van der Waals surface area (Å²) in [5.41, 5.74) is 26.6. The average molecular weight is 1210 g/mol. The van der Waals surface area contributed by atoms with E-state index in [-0.39, 0.29) is 24.3 Å². The first-order valence-electron chi connectivity index (χ1n) is 32.8. The fourth-order valence-electron chi connectivity index (χ4n) is 15.0. The molecule has 0 saturated heterocycles. The Morgan fingerprint density at radius 3 is 1.03 bits per heavy atom. The molecule has 0 aromatic heterocycles. The Morgan fingerprint density at radius 1 is 0.287 bits per heavy atom. The summed E-state index contributed by atoms with van der Waals surface area (Å²) in [6.07, 6.45) is 0. The number of para-hydroxylation sites is 8. The van der Waals surface area contributed by atoms with Gasteiger partial charge in [0.2, 0.25) is 0 Å². The lowest BCUT2D eigenvalue weighted by atomic mass is 9.31. The maximum atomic E-state index is 7.36. The van der Waals surface area contributed by atoms with Crippen LogP contribution in [0.4, 0.5) is 68.2 Å². The van der Waals surface area contributed by atoms with E-state index in [9.17, 15) is 0 Å². The van der Waals surface area contributed by atoms with E-state index in [2.05, 4.69) is 364 Å². The molecule has 0 N–H and O–H groups in total. The summed E-state index contributed by atoms with van der Waals surface area (Å²) < 4.78 is 14.7. The Bertz CT molecular complexity index is 4750. The molecule has 4 heterocycles. The number of rotatable bonds is 10. The van der Waals surface area contributed by atoms with Gasteiger partial charge in [0.05, 0.1) is 22.7 Å². The number of hydrogen-bond donors (Lipinski definition) is 0. The third-order valence-corrected chi connectivity index (χ3v) is 19.4. The van der Waals surface area contributed by atoms with Gasteiger partial charge in [-0.2, -0.15) is 0 Å². The van der Waals surface area contributed by atoms with E-state index >= 15 is 0 Å². The van der Waals surface area contributed by atoms with Crippen molar-refractivity contribution in [3.8, 4) is 45.3 Å². The SMILES string of the molecule is CC(C)(C)c1ccc(-c2ccccc2N(c2ccccc2)c2cc3c4c(c2)N(c2ccccc2)c2cc5c(cc2B4c2ccccc2O3)B2c3ccccc3Oc3cc(N(c4ccccc4)c4ccccc4-c4ccc(C(C)(C)C)cc4)cc(c32)N5c2ccccc2)cc1. The van der Waals surface area contributed by atoms with Crippen LogP contribution in [0, 0.1) is 0 Å². The van der Waals surface area contributed by atoms with Crippen LogP contribution in [-0.4, -0.2) is 13.4 Å². The van der Waals surface area contributed by atoms with Crippen molar-refractivity contribution in [1.82, 2.24) is 0 Å². The summed E-state index contributed by atoms with van der Waals surface area (Å²) in [5, 5.41) is 0. The van der Waals surface area contributed by atoms with Crippen molar-refractivity contribution in [2.75, 3.05) is 19.6 Å². The maximum absolute atomic E-state index is 7.36. The number of fused-ring (bicyclic) bond motifs is 8. The molecular formula is C86H68B2N4O2. The molecule has 13 aromatic carbocycles. The molecule has 0 bridgehead atoms. The van der Waals surface area contributed by atoms with Gasteiger partial charge >= 0.3 is 0 Å². The van der Waals surface area contributed by atoms with Crippen LogP contribution in [0.2, 0.25) is 0 Å². The third-order valence-electron chi connectivity index (χ3n) is 19.4. The molecule has 0 unspecified atom stereocenters. The summed E-state index contributed by atoms with van der Waals surface area (Å²) in [5.74, 6) is 3.34. The van der Waals surface area contributed by atoms with E-state index in [0.717, 1.165) is 135 Å². The normalized spacial score (nSPS) is 13.1. The molecule has 13 aromatic rings. The largest absolute Gasteiger partial charge is 0.458 e. The van der Waals surface area contributed by atoms with Crippen LogP contribution in [-0.2, 0) is 10.8 Å². The van der Waals surface area contributed by atoms with Gasteiger partial charge in [-0.05, 0) is 157 Å². The smallest absolute Gasteiger partial charge is 0.256 e. The molecule has 4 aliphatic rings. The number of anilines is 12. The third kappa shape index (κ3) is 9.49. The van der Waals surface area contributed by atoms with Crippen molar-refractivity contribution in [3.05, 3.63) is 314 Å². The van der Waals surface area contributed by atoms with Crippen LogP contribution in [0.1, 0.15) is 52.7 Å². The first kappa shape index (κ1) is 56.7. The number of benzene rings is 13. The minimum Gasteiger partial charge on any atom is -0.458 e.